The van der Waals surface area contributed by atoms with E-state index in [4.69, 9.17) is 14.2 Å². The van der Waals surface area contributed by atoms with Crippen molar-refractivity contribution in [3.8, 4) is 17.2 Å². The molecule has 0 aliphatic carbocycles. The Morgan fingerprint density at radius 2 is 1.46 bits per heavy atom. The van der Waals surface area contributed by atoms with Crippen LogP contribution in [0.15, 0.2) is 42.5 Å². The first-order chi connectivity index (χ1) is 12.5. The van der Waals surface area contributed by atoms with Crippen LogP contribution in [-0.2, 0) is 9.59 Å². The molecule has 0 spiro atoms. The minimum Gasteiger partial charge on any atom is -0.493 e. The van der Waals surface area contributed by atoms with Crippen molar-refractivity contribution in [2.24, 2.45) is 0 Å². The van der Waals surface area contributed by atoms with Crippen LogP contribution in [0, 0.1) is 0 Å². The first-order valence-corrected chi connectivity index (χ1v) is 7.97. The van der Waals surface area contributed by atoms with Crippen LogP contribution in [0.1, 0.15) is 18.5 Å². The maximum atomic E-state index is 12.2. The summed E-state index contributed by atoms with van der Waals surface area (Å²) < 4.78 is 15.7. The van der Waals surface area contributed by atoms with Gasteiger partial charge in [-0.05, 0) is 12.5 Å². The molecule has 2 amide bonds. The highest BCUT2D eigenvalue weighted by atomic mass is 16.5. The molecule has 1 atom stereocenters. The largest absolute Gasteiger partial charge is 0.493 e. The Hall–Kier alpha value is -3.22. The third kappa shape index (κ3) is 4.44. The number of benzene rings is 2. The summed E-state index contributed by atoms with van der Waals surface area (Å²) in [6.45, 7) is 1.81. The van der Waals surface area contributed by atoms with Crippen molar-refractivity contribution < 1.29 is 23.8 Å². The molecule has 7 nitrogen and oxygen atoms in total. The Balaban J connectivity index is 2.10. The lowest BCUT2D eigenvalue weighted by Crippen LogP contribution is -2.36. The number of hydrogen-bond acceptors (Lipinski definition) is 5. The second-order valence-corrected chi connectivity index (χ2v) is 5.47. The highest BCUT2D eigenvalue weighted by molar-refractivity contribution is 6.39. The molecule has 138 valence electrons. The van der Waals surface area contributed by atoms with Crippen LogP contribution in [0.5, 0.6) is 17.2 Å². The number of hydrogen-bond donors (Lipinski definition) is 2. The maximum absolute atomic E-state index is 12.2. The van der Waals surface area contributed by atoms with Gasteiger partial charge in [-0.1, -0.05) is 30.3 Å². The van der Waals surface area contributed by atoms with E-state index in [1.807, 2.05) is 30.3 Å². The number of carbonyl (C=O) groups excluding carboxylic acids is 2. The van der Waals surface area contributed by atoms with Crippen molar-refractivity contribution in [2.45, 2.75) is 13.0 Å². The van der Waals surface area contributed by atoms with Gasteiger partial charge in [-0.3, -0.25) is 9.59 Å². The average molecular weight is 358 g/mol. The number of amides is 2. The fourth-order valence-electron chi connectivity index (χ4n) is 2.43. The van der Waals surface area contributed by atoms with Gasteiger partial charge in [0.05, 0.1) is 27.4 Å². The van der Waals surface area contributed by atoms with Crippen molar-refractivity contribution in [1.29, 1.82) is 0 Å². The predicted octanol–water partition coefficient (Wildman–Crippen LogP) is 2.53. The monoisotopic (exact) mass is 358 g/mol. The van der Waals surface area contributed by atoms with Gasteiger partial charge in [-0.25, -0.2) is 0 Å². The summed E-state index contributed by atoms with van der Waals surface area (Å²) in [5.41, 5.74) is 1.26. The lowest BCUT2D eigenvalue weighted by molar-refractivity contribution is -0.136. The zero-order valence-electron chi connectivity index (χ0n) is 15.2. The first kappa shape index (κ1) is 19.1. The Kier molecular flexibility index (Phi) is 6.43. The van der Waals surface area contributed by atoms with Gasteiger partial charge in [-0.15, -0.1) is 0 Å². The van der Waals surface area contributed by atoms with Gasteiger partial charge in [0.25, 0.3) is 0 Å². The fraction of sp³-hybridized carbons (Fsp3) is 0.263. The van der Waals surface area contributed by atoms with E-state index in [9.17, 15) is 9.59 Å². The molecule has 1 unspecified atom stereocenters. The van der Waals surface area contributed by atoms with E-state index in [0.717, 1.165) is 5.56 Å². The van der Waals surface area contributed by atoms with Crippen LogP contribution in [0.2, 0.25) is 0 Å². The summed E-state index contributed by atoms with van der Waals surface area (Å²) in [7, 11) is 4.42. The van der Waals surface area contributed by atoms with Gasteiger partial charge >= 0.3 is 11.8 Å². The normalized spacial score (nSPS) is 11.2. The standard InChI is InChI=1S/C19H22N2O5/c1-12(13-8-6-5-7-9-13)20-18(22)19(23)21-14-10-15(24-2)17(26-4)16(11-14)25-3/h5-12H,1-4H3,(H,20,22)(H,21,23). The topological polar surface area (TPSA) is 85.9 Å². The lowest BCUT2D eigenvalue weighted by atomic mass is 10.1. The third-order valence-corrected chi connectivity index (χ3v) is 3.78. The van der Waals surface area contributed by atoms with E-state index in [1.54, 1.807) is 19.1 Å². The maximum Gasteiger partial charge on any atom is 0.313 e. The van der Waals surface area contributed by atoms with Crippen molar-refractivity contribution in [3.05, 3.63) is 48.0 Å². The third-order valence-electron chi connectivity index (χ3n) is 3.78. The molecule has 0 radical (unpaired) electrons. The molecule has 2 aromatic carbocycles. The van der Waals surface area contributed by atoms with Crippen molar-refractivity contribution in [2.75, 3.05) is 26.6 Å². The Labute approximate surface area is 152 Å². The quantitative estimate of drug-likeness (QED) is 0.775. The van der Waals surface area contributed by atoms with E-state index >= 15 is 0 Å². The summed E-state index contributed by atoms with van der Waals surface area (Å²) >= 11 is 0. The minimum absolute atomic E-state index is 0.297. The zero-order valence-corrected chi connectivity index (χ0v) is 15.2. The van der Waals surface area contributed by atoms with Crippen LogP contribution in [-0.4, -0.2) is 33.1 Å². The van der Waals surface area contributed by atoms with E-state index in [-0.39, 0.29) is 6.04 Å². The predicted molar refractivity (Wildman–Crippen MR) is 97.7 cm³/mol. The molecule has 0 saturated heterocycles. The average Bonchev–Trinajstić information content (AvgIpc) is 2.67. The van der Waals surface area contributed by atoms with Crippen LogP contribution in [0.3, 0.4) is 0 Å². The molecule has 7 heteroatoms. The SMILES string of the molecule is COc1cc(NC(=O)C(=O)NC(C)c2ccccc2)cc(OC)c1OC. The van der Waals surface area contributed by atoms with Gasteiger partial charge in [0.1, 0.15) is 0 Å². The number of methoxy groups -OCH3 is 3. The Morgan fingerprint density at radius 1 is 0.885 bits per heavy atom. The van der Waals surface area contributed by atoms with Crippen LogP contribution < -0.4 is 24.8 Å². The van der Waals surface area contributed by atoms with E-state index in [0.29, 0.717) is 22.9 Å². The van der Waals surface area contributed by atoms with Gasteiger partial charge in [0.15, 0.2) is 11.5 Å². The summed E-state index contributed by atoms with van der Waals surface area (Å²) in [5.74, 6) is -0.382. The van der Waals surface area contributed by atoms with E-state index in [2.05, 4.69) is 10.6 Å². The number of nitrogens with one attached hydrogen (secondary N) is 2. The van der Waals surface area contributed by atoms with Crippen molar-refractivity contribution in [1.82, 2.24) is 5.32 Å². The molecule has 0 saturated carbocycles. The molecule has 0 aliphatic rings. The van der Waals surface area contributed by atoms with E-state index in [1.165, 1.54) is 21.3 Å². The lowest BCUT2D eigenvalue weighted by Gasteiger charge is -2.16. The van der Waals surface area contributed by atoms with Gasteiger partial charge in [0, 0.05) is 17.8 Å². The van der Waals surface area contributed by atoms with Gasteiger partial charge < -0.3 is 24.8 Å². The molecular weight excluding hydrogens is 336 g/mol. The van der Waals surface area contributed by atoms with Crippen molar-refractivity contribution in [3.63, 3.8) is 0 Å². The highest BCUT2D eigenvalue weighted by Crippen LogP contribution is 2.39. The molecular formula is C19H22N2O5. The first-order valence-electron chi connectivity index (χ1n) is 7.97. The van der Waals surface area contributed by atoms with Crippen LogP contribution >= 0.6 is 0 Å². The molecule has 0 fully saturated rings. The smallest absolute Gasteiger partial charge is 0.313 e. The fourth-order valence-corrected chi connectivity index (χ4v) is 2.43. The second kappa shape index (κ2) is 8.75. The number of rotatable bonds is 6. The number of ether oxygens (including phenoxy) is 3. The molecule has 2 N–H and O–H groups in total. The highest BCUT2D eigenvalue weighted by Gasteiger charge is 2.19. The zero-order chi connectivity index (χ0) is 19.1. The summed E-state index contributed by atoms with van der Waals surface area (Å²) in [5, 5.41) is 5.19. The molecule has 26 heavy (non-hydrogen) atoms. The number of carbonyl (C=O) groups is 2. The molecule has 0 aromatic heterocycles. The van der Waals surface area contributed by atoms with Gasteiger partial charge in [0.2, 0.25) is 5.75 Å². The summed E-state index contributed by atoms with van der Waals surface area (Å²) in [6, 6.07) is 12.2. The van der Waals surface area contributed by atoms with Crippen LogP contribution in [0.4, 0.5) is 5.69 Å². The summed E-state index contributed by atoms with van der Waals surface area (Å²) in [4.78, 5) is 24.3. The molecule has 0 aliphatic heterocycles. The molecule has 0 heterocycles. The summed E-state index contributed by atoms with van der Waals surface area (Å²) in [6.07, 6.45) is 0. The van der Waals surface area contributed by atoms with Crippen LogP contribution in [0.25, 0.3) is 0 Å². The van der Waals surface area contributed by atoms with E-state index < -0.39 is 11.8 Å². The molecule has 0 bridgehead atoms. The molecule has 2 rings (SSSR count). The van der Waals surface area contributed by atoms with Crippen molar-refractivity contribution >= 4 is 17.5 Å². The second-order valence-electron chi connectivity index (χ2n) is 5.47. The Morgan fingerprint density at radius 3 is 1.96 bits per heavy atom. The minimum atomic E-state index is -0.790. The number of anilines is 1. The Bertz CT molecular complexity index is 752. The molecule has 2 aromatic rings. The van der Waals surface area contributed by atoms with Gasteiger partial charge in [-0.2, -0.15) is 0 Å².